The second-order valence-electron chi connectivity index (χ2n) is 5.24. The van der Waals surface area contributed by atoms with Gasteiger partial charge in [-0.1, -0.05) is 23.7 Å². The summed E-state index contributed by atoms with van der Waals surface area (Å²) in [5.41, 5.74) is 0.123. The maximum absolute atomic E-state index is 13.0. The summed E-state index contributed by atoms with van der Waals surface area (Å²) in [7, 11) is 0. The molecule has 1 aromatic heterocycles. The molecule has 2 rings (SSSR count). The Morgan fingerprint density at radius 2 is 2.00 bits per heavy atom. The van der Waals surface area contributed by atoms with Crippen molar-refractivity contribution in [2.45, 2.75) is 26.1 Å². The van der Waals surface area contributed by atoms with Crippen LogP contribution in [0.25, 0.3) is 0 Å². The first-order chi connectivity index (χ1) is 11.2. The maximum Gasteiger partial charge on any atom is 0.433 e. The molecule has 0 spiro atoms. The molecule has 5 nitrogen and oxygen atoms in total. The second kappa shape index (κ2) is 7.23. The number of alkyl halides is 3. The molecule has 0 aliphatic heterocycles. The lowest BCUT2D eigenvalue weighted by molar-refractivity contribution is -0.141. The summed E-state index contributed by atoms with van der Waals surface area (Å²) < 4.78 is 39.1. The van der Waals surface area contributed by atoms with Crippen LogP contribution in [0.3, 0.4) is 0 Å². The van der Waals surface area contributed by atoms with E-state index >= 15 is 0 Å². The van der Waals surface area contributed by atoms with Crippen LogP contribution in [-0.2, 0) is 6.18 Å². The summed E-state index contributed by atoms with van der Waals surface area (Å²) in [6, 6.07) is 5.43. The molecular weight excluding hydrogens is 345 g/mol. The van der Waals surface area contributed by atoms with Crippen LogP contribution in [0, 0.1) is 6.92 Å². The van der Waals surface area contributed by atoms with Crippen LogP contribution in [0.1, 0.15) is 18.2 Å². The minimum absolute atomic E-state index is 0.0545. The number of hydrogen-bond donors (Lipinski definition) is 3. The topological polar surface area (TPSA) is 70.1 Å². The Morgan fingerprint density at radius 3 is 2.58 bits per heavy atom. The molecule has 0 saturated heterocycles. The number of benzene rings is 1. The van der Waals surface area contributed by atoms with Crippen molar-refractivity contribution in [2.75, 3.05) is 17.2 Å². The van der Waals surface area contributed by atoms with Gasteiger partial charge in [0.25, 0.3) is 0 Å². The molecule has 9 heteroatoms. The fraction of sp³-hybridized carbons (Fsp3) is 0.333. The van der Waals surface area contributed by atoms with Crippen molar-refractivity contribution in [1.82, 2.24) is 9.97 Å². The molecule has 0 aliphatic rings. The monoisotopic (exact) mass is 360 g/mol. The van der Waals surface area contributed by atoms with Gasteiger partial charge in [0.05, 0.1) is 17.3 Å². The number of aryl methyl sites for hydroxylation is 1. The molecule has 0 fully saturated rings. The van der Waals surface area contributed by atoms with Crippen molar-refractivity contribution in [3.63, 3.8) is 0 Å². The van der Waals surface area contributed by atoms with Gasteiger partial charge in [0.15, 0.2) is 5.69 Å². The average Bonchev–Trinajstić information content (AvgIpc) is 2.50. The quantitative estimate of drug-likeness (QED) is 0.752. The van der Waals surface area contributed by atoms with Gasteiger partial charge in [0, 0.05) is 12.1 Å². The first kappa shape index (κ1) is 18.3. The number of aromatic nitrogens is 2. The van der Waals surface area contributed by atoms with Gasteiger partial charge in [-0.15, -0.1) is 0 Å². The van der Waals surface area contributed by atoms with Crippen molar-refractivity contribution in [3.8, 4) is 0 Å². The molecule has 0 unspecified atom stereocenters. The van der Waals surface area contributed by atoms with Crippen LogP contribution in [0.15, 0.2) is 24.3 Å². The van der Waals surface area contributed by atoms with Crippen LogP contribution in [0.2, 0.25) is 5.02 Å². The van der Waals surface area contributed by atoms with E-state index in [9.17, 15) is 13.2 Å². The molecule has 0 amide bonds. The summed E-state index contributed by atoms with van der Waals surface area (Å²) in [6.07, 6.45) is -4.63. The van der Waals surface area contributed by atoms with Gasteiger partial charge >= 0.3 is 6.18 Å². The first-order valence-corrected chi connectivity index (χ1v) is 7.44. The summed E-state index contributed by atoms with van der Waals surface area (Å²) >= 11 is 6.08. The second-order valence-corrected chi connectivity index (χ2v) is 5.65. The molecule has 1 aromatic carbocycles. The molecule has 0 saturated carbocycles. The minimum atomic E-state index is -4.63. The Hall–Kier alpha value is -2.06. The van der Waals surface area contributed by atoms with Crippen LogP contribution in [-0.4, -0.2) is 27.7 Å². The number of rotatable bonds is 5. The molecule has 2 aromatic rings. The van der Waals surface area contributed by atoms with Gasteiger partial charge < -0.3 is 15.7 Å². The van der Waals surface area contributed by atoms with Crippen molar-refractivity contribution < 1.29 is 18.3 Å². The number of para-hydroxylation sites is 1. The van der Waals surface area contributed by atoms with Crippen LogP contribution in [0.4, 0.5) is 30.6 Å². The van der Waals surface area contributed by atoms with Gasteiger partial charge in [-0.05, 0) is 25.5 Å². The van der Waals surface area contributed by atoms with Gasteiger partial charge in [-0.25, -0.2) is 4.98 Å². The van der Waals surface area contributed by atoms with E-state index in [0.717, 1.165) is 11.6 Å². The molecule has 24 heavy (non-hydrogen) atoms. The summed E-state index contributed by atoms with van der Waals surface area (Å²) in [6.45, 7) is 3.09. The molecular formula is C15H16ClF3N4O. The molecule has 0 bridgehead atoms. The molecule has 1 atom stereocenters. The van der Waals surface area contributed by atoms with E-state index in [2.05, 4.69) is 20.6 Å². The number of aliphatic hydroxyl groups is 1. The standard InChI is InChI=1S/C15H16ClF3N4O/c1-8-4-3-5-10(16)13(8)22-12-6-11(15(17,18)19)21-14(23-12)20-9(2)7-24/h3-6,9,24H,7H2,1-2H3,(H2,20,21,22,23)/t9-/m1/s1. The van der Waals surface area contributed by atoms with Gasteiger partial charge in [-0.2, -0.15) is 18.2 Å². The zero-order valence-electron chi connectivity index (χ0n) is 12.9. The van der Waals surface area contributed by atoms with Crippen molar-refractivity contribution in [3.05, 3.63) is 40.5 Å². The number of hydrogen-bond acceptors (Lipinski definition) is 5. The zero-order chi connectivity index (χ0) is 17.9. The third-order valence-corrected chi connectivity index (χ3v) is 3.46. The Labute approximate surface area is 141 Å². The lowest BCUT2D eigenvalue weighted by Gasteiger charge is -2.16. The summed E-state index contributed by atoms with van der Waals surface area (Å²) in [4.78, 5) is 7.46. The summed E-state index contributed by atoms with van der Waals surface area (Å²) in [5.74, 6) is -0.292. The fourth-order valence-corrected chi connectivity index (χ4v) is 2.17. The van der Waals surface area contributed by atoms with Gasteiger partial charge in [0.1, 0.15) is 5.82 Å². The lowest BCUT2D eigenvalue weighted by atomic mass is 10.2. The molecule has 0 aliphatic carbocycles. The Morgan fingerprint density at radius 1 is 1.29 bits per heavy atom. The van der Waals surface area contributed by atoms with E-state index in [4.69, 9.17) is 16.7 Å². The van der Waals surface area contributed by atoms with Crippen molar-refractivity contribution in [1.29, 1.82) is 0 Å². The SMILES string of the molecule is Cc1cccc(Cl)c1Nc1cc(C(F)(F)F)nc(N[C@H](C)CO)n1. The van der Waals surface area contributed by atoms with Crippen LogP contribution < -0.4 is 10.6 Å². The Bertz CT molecular complexity index is 704. The number of anilines is 3. The van der Waals surface area contributed by atoms with E-state index in [0.29, 0.717) is 10.7 Å². The van der Waals surface area contributed by atoms with Gasteiger partial charge in [-0.3, -0.25) is 0 Å². The number of aliphatic hydroxyl groups excluding tert-OH is 1. The predicted octanol–water partition coefficient (Wildman–Crippen LogP) is 3.99. The van der Waals surface area contributed by atoms with E-state index in [1.54, 1.807) is 32.0 Å². The van der Waals surface area contributed by atoms with Crippen molar-refractivity contribution in [2.24, 2.45) is 0 Å². The highest BCUT2D eigenvalue weighted by Crippen LogP contribution is 2.32. The maximum atomic E-state index is 13.0. The normalized spacial score (nSPS) is 12.8. The van der Waals surface area contributed by atoms with Gasteiger partial charge in [0.2, 0.25) is 5.95 Å². The Balaban J connectivity index is 2.43. The van der Waals surface area contributed by atoms with E-state index < -0.39 is 17.9 Å². The van der Waals surface area contributed by atoms with E-state index in [1.807, 2.05) is 0 Å². The predicted molar refractivity (Wildman–Crippen MR) is 86.7 cm³/mol. The molecule has 1 heterocycles. The molecule has 0 radical (unpaired) electrons. The highest BCUT2D eigenvalue weighted by molar-refractivity contribution is 6.33. The average molecular weight is 361 g/mol. The van der Waals surface area contributed by atoms with E-state index in [-0.39, 0.29) is 18.4 Å². The zero-order valence-corrected chi connectivity index (χ0v) is 13.7. The smallest absolute Gasteiger partial charge is 0.394 e. The third-order valence-electron chi connectivity index (χ3n) is 3.14. The van der Waals surface area contributed by atoms with Crippen molar-refractivity contribution >= 4 is 29.1 Å². The highest BCUT2D eigenvalue weighted by Gasteiger charge is 2.34. The fourth-order valence-electron chi connectivity index (χ4n) is 1.91. The third kappa shape index (κ3) is 4.48. The number of nitrogens with zero attached hydrogens (tertiary/aromatic N) is 2. The number of nitrogens with one attached hydrogen (secondary N) is 2. The first-order valence-electron chi connectivity index (χ1n) is 7.06. The largest absolute Gasteiger partial charge is 0.433 e. The van der Waals surface area contributed by atoms with Crippen LogP contribution in [0.5, 0.6) is 0 Å². The summed E-state index contributed by atoms with van der Waals surface area (Å²) in [5, 5.41) is 14.8. The van der Waals surface area contributed by atoms with E-state index in [1.165, 1.54) is 0 Å². The number of halogens is 4. The Kier molecular flexibility index (Phi) is 5.51. The highest BCUT2D eigenvalue weighted by atomic mass is 35.5. The molecule has 3 N–H and O–H groups in total. The lowest BCUT2D eigenvalue weighted by Crippen LogP contribution is -2.22. The molecule has 130 valence electrons. The van der Waals surface area contributed by atoms with Crippen LogP contribution >= 0.6 is 11.6 Å². The minimum Gasteiger partial charge on any atom is -0.394 e.